The summed E-state index contributed by atoms with van der Waals surface area (Å²) in [5, 5.41) is 7.17. The fourth-order valence-corrected chi connectivity index (χ4v) is 3.69. The Morgan fingerprint density at radius 2 is 2.10 bits per heavy atom. The zero-order valence-corrected chi connectivity index (χ0v) is 19.6. The van der Waals surface area contributed by atoms with Gasteiger partial charge in [-0.05, 0) is 53.0 Å². The molecule has 0 aliphatic carbocycles. The Kier molecular flexibility index (Phi) is 8.64. The normalized spacial score (nSPS) is 17.2. The molecule has 31 heavy (non-hydrogen) atoms. The Hall–Kier alpha value is -2.39. The molecule has 1 unspecified atom stereocenters. The summed E-state index contributed by atoms with van der Waals surface area (Å²) < 4.78 is 5.57. The summed E-state index contributed by atoms with van der Waals surface area (Å²) in [6.45, 7) is 10.4. The minimum Gasteiger partial charge on any atom is -0.444 e. The molecule has 0 spiro atoms. The molecule has 1 atom stereocenters. The molecule has 1 aliphatic heterocycles. The average molecular weight is 452 g/mol. The van der Waals surface area contributed by atoms with Crippen LogP contribution in [0.5, 0.6) is 0 Å². The fraction of sp³-hybridized carbons (Fsp3) is 0.619. The molecule has 0 saturated carbocycles. The third-order valence-electron chi connectivity index (χ3n) is 5.24. The number of nitrogen functional groups attached to an aromatic ring is 1. The Morgan fingerprint density at radius 3 is 2.74 bits per heavy atom. The minimum atomic E-state index is -0.488. The van der Waals surface area contributed by atoms with Crippen LogP contribution in [0.15, 0.2) is 18.5 Å². The number of nitrogens with zero attached hydrogens (tertiary/aromatic N) is 5. The van der Waals surface area contributed by atoms with Crippen LogP contribution in [0.2, 0.25) is 0 Å². The number of amides is 1. The standard InChI is InChI=1S/C21H33N7O2.ClH/c1-15-16(12-24-26-15)13-28(14-19-23-9-7-18(22)25-19)17-6-5-10-27(11-8-17)20(29)30-21(2,3)4;/h7,9,12,17H,5-6,8,10-11,13-14H2,1-4H3,(H,24,26)(H2,22,23,25);1H. The predicted octanol–water partition coefficient (Wildman–Crippen LogP) is 3.30. The lowest BCUT2D eigenvalue weighted by Gasteiger charge is -2.31. The minimum absolute atomic E-state index is 0. The number of aromatic nitrogens is 4. The van der Waals surface area contributed by atoms with Crippen molar-refractivity contribution < 1.29 is 9.53 Å². The number of carbonyl (C=O) groups excluding carboxylic acids is 1. The molecule has 172 valence electrons. The van der Waals surface area contributed by atoms with Crippen molar-refractivity contribution in [1.82, 2.24) is 30.0 Å². The summed E-state index contributed by atoms with van der Waals surface area (Å²) in [5.41, 5.74) is 7.57. The van der Waals surface area contributed by atoms with Crippen LogP contribution in [-0.2, 0) is 17.8 Å². The molecular weight excluding hydrogens is 418 g/mol. The summed E-state index contributed by atoms with van der Waals surface area (Å²) in [7, 11) is 0. The van der Waals surface area contributed by atoms with E-state index in [0.29, 0.717) is 31.3 Å². The van der Waals surface area contributed by atoms with Gasteiger partial charge in [-0.3, -0.25) is 10.00 Å². The number of aryl methyl sites for hydroxylation is 1. The van der Waals surface area contributed by atoms with Crippen LogP contribution < -0.4 is 5.73 Å². The van der Waals surface area contributed by atoms with Gasteiger partial charge in [0.25, 0.3) is 0 Å². The van der Waals surface area contributed by atoms with Crippen LogP contribution in [0.1, 0.15) is 57.1 Å². The number of ether oxygens (including phenoxy) is 1. The molecule has 0 radical (unpaired) electrons. The van der Waals surface area contributed by atoms with Crippen LogP contribution in [-0.4, -0.2) is 60.8 Å². The average Bonchev–Trinajstić information content (AvgIpc) is 2.91. The van der Waals surface area contributed by atoms with Crippen molar-refractivity contribution in [2.75, 3.05) is 18.8 Å². The van der Waals surface area contributed by atoms with Crippen molar-refractivity contribution in [2.24, 2.45) is 0 Å². The van der Waals surface area contributed by atoms with E-state index < -0.39 is 5.60 Å². The number of nitrogens with two attached hydrogens (primary N) is 1. The molecule has 3 N–H and O–H groups in total. The number of anilines is 1. The molecule has 9 nitrogen and oxygen atoms in total. The van der Waals surface area contributed by atoms with Gasteiger partial charge in [-0.2, -0.15) is 5.10 Å². The third-order valence-corrected chi connectivity index (χ3v) is 5.24. The van der Waals surface area contributed by atoms with E-state index in [1.54, 1.807) is 12.3 Å². The summed E-state index contributed by atoms with van der Waals surface area (Å²) in [6, 6.07) is 1.98. The van der Waals surface area contributed by atoms with Crippen molar-refractivity contribution in [1.29, 1.82) is 0 Å². The first-order valence-corrected chi connectivity index (χ1v) is 10.5. The molecule has 3 rings (SSSR count). The van der Waals surface area contributed by atoms with Crippen molar-refractivity contribution in [3.05, 3.63) is 35.5 Å². The van der Waals surface area contributed by atoms with Gasteiger partial charge in [-0.1, -0.05) is 0 Å². The third kappa shape index (κ3) is 7.36. The Morgan fingerprint density at radius 1 is 1.32 bits per heavy atom. The second kappa shape index (κ2) is 10.8. The van der Waals surface area contributed by atoms with E-state index in [2.05, 4.69) is 25.1 Å². The van der Waals surface area contributed by atoms with E-state index in [1.807, 2.05) is 38.8 Å². The zero-order valence-electron chi connectivity index (χ0n) is 18.8. The van der Waals surface area contributed by atoms with Gasteiger partial charge in [0.05, 0.1) is 12.7 Å². The van der Waals surface area contributed by atoms with Crippen LogP contribution in [0.4, 0.5) is 10.6 Å². The lowest BCUT2D eigenvalue weighted by Crippen LogP contribution is -2.39. The maximum absolute atomic E-state index is 12.5. The smallest absolute Gasteiger partial charge is 0.410 e. The van der Waals surface area contributed by atoms with Gasteiger partial charge >= 0.3 is 6.09 Å². The number of aromatic amines is 1. The first-order valence-electron chi connectivity index (χ1n) is 10.5. The SMILES string of the molecule is Cc1[nH]ncc1CN(Cc1nccc(N)n1)C1CCCN(C(=O)OC(C)(C)C)CC1.Cl. The Balaban J connectivity index is 0.00000341. The van der Waals surface area contributed by atoms with Crippen molar-refractivity contribution in [3.8, 4) is 0 Å². The highest BCUT2D eigenvalue weighted by Gasteiger charge is 2.28. The van der Waals surface area contributed by atoms with Gasteiger partial charge in [-0.25, -0.2) is 14.8 Å². The van der Waals surface area contributed by atoms with E-state index in [0.717, 1.165) is 37.1 Å². The predicted molar refractivity (Wildman–Crippen MR) is 122 cm³/mol. The second-order valence-corrected chi connectivity index (χ2v) is 8.88. The largest absolute Gasteiger partial charge is 0.444 e. The van der Waals surface area contributed by atoms with Crippen LogP contribution >= 0.6 is 12.4 Å². The number of halogens is 1. The summed E-state index contributed by atoms with van der Waals surface area (Å²) in [4.78, 5) is 25.5. The Labute approximate surface area is 190 Å². The molecule has 1 aliphatic rings. The van der Waals surface area contributed by atoms with E-state index in [4.69, 9.17) is 10.5 Å². The number of rotatable bonds is 5. The molecule has 0 bridgehead atoms. The fourth-order valence-electron chi connectivity index (χ4n) is 3.69. The number of H-pyrrole nitrogens is 1. The monoisotopic (exact) mass is 451 g/mol. The summed E-state index contributed by atoms with van der Waals surface area (Å²) in [6.07, 6.45) is 6.08. The highest BCUT2D eigenvalue weighted by Crippen LogP contribution is 2.23. The van der Waals surface area contributed by atoms with Gasteiger partial charge in [-0.15, -0.1) is 12.4 Å². The van der Waals surface area contributed by atoms with Gasteiger partial charge in [0, 0.05) is 43.1 Å². The van der Waals surface area contributed by atoms with Gasteiger partial charge in [0.2, 0.25) is 0 Å². The molecule has 1 saturated heterocycles. The van der Waals surface area contributed by atoms with Crippen molar-refractivity contribution >= 4 is 24.3 Å². The Bertz CT molecular complexity index is 852. The molecule has 3 heterocycles. The van der Waals surface area contributed by atoms with Crippen LogP contribution in [0.3, 0.4) is 0 Å². The van der Waals surface area contributed by atoms with E-state index in [9.17, 15) is 4.79 Å². The van der Waals surface area contributed by atoms with Gasteiger partial charge < -0.3 is 15.4 Å². The van der Waals surface area contributed by atoms with Gasteiger partial charge in [0.1, 0.15) is 17.2 Å². The molecule has 1 fully saturated rings. The quantitative estimate of drug-likeness (QED) is 0.716. The highest BCUT2D eigenvalue weighted by molar-refractivity contribution is 5.85. The molecule has 2 aromatic rings. The van der Waals surface area contributed by atoms with E-state index in [-0.39, 0.29) is 24.5 Å². The number of likely N-dealkylation sites (tertiary alicyclic amines) is 1. The first kappa shape index (κ1) is 24.9. The van der Waals surface area contributed by atoms with Crippen molar-refractivity contribution in [3.63, 3.8) is 0 Å². The number of hydrogen-bond donors (Lipinski definition) is 2. The van der Waals surface area contributed by atoms with Gasteiger partial charge in [0.15, 0.2) is 0 Å². The van der Waals surface area contributed by atoms with E-state index >= 15 is 0 Å². The van der Waals surface area contributed by atoms with Crippen LogP contribution in [0.25, 0.3) is 0 Å². The molecule has 2 aromatic heterocycles. The molecule has 0 aromatic carbocycles. The van der Waals surface area contributed by atoms with Crippen LogP contribution in [0, 0.1) is 6.92 Å². The number of nitrogens with one attached hydrogen (secondary N) is 1. The molecule has 1 amide bonds. The topological polar surface area (TPSA) is 113 Å². The molecular formula is C21H34ClN7O2. The first-order chi connectivity index (χ1) is 14.2. The van der Waals surface area contributed by atoms with Crippen molar-refractivity contribution in [2.45, 2.75) is 71.7 Å². The highest BCUT2D eigenvalue weighted by atomic mass is 35.5. The second-order valence-electron chi connectivity index (χ2n) is 8.88. The molecule has 10 heteroatoms. The summed E-state index contributed by atoms with van der Waals surface area (Å²) in [5.74, 6) is 1.17. The zero-order chi connectivity index (χ0) is 21.7. The lowest BCUT2D eigenvalue weighted by atomic mass is 10.1. The lowest BCUT2D eigenvalue weighted by molar-refractivity contribution is 0.0251. The number of hydrogen-bond acceptors (Lipinski definition) is 7. The maximum Gasteiger partial charge on any atom is 0.410 e. The number of carbonyl (C=O) groups is 1. The maximum atomic E-state index is 12.5. The van der Waals surface area contributed by atoms with E-state index in [1.165, 1.54) is 0 Å². The summed E-state index contributed by atoms with van der Waals surface area (Å²) >= 11 is 0.